The average Bonchev–Trinajstić information content (AvgIpc) is 3.17. The number of aromatic nitrogens is 2. The summed E-state index contributed by atoms with van der Waals surface area (Å²) in [6.45, 7) is 3.71. The van der Waals surface area contributed by atoms with E-state index in [0.717, 1.165) is 44.8 Å². The highest BCUT2D eigenvalue weighted by Crippen LogP contribution is 2.27. The molecule has 0 aliphatic rings. The van der Waals surface area contributed by atoms with Crippen molar-refractivity contribution in [1.82, 2.24) is 9.97 Å². The molecule has 0 aliphatic carbocycles. The molecule has 0 fully saturated rings. The van der Waals surface area contributed by atoms with Gasteiger partial charge in [-0.25, -0.2) is 9.98 Å². The fourth-order valence-corrected chi connectivity index (χ4v) is 5.11. The summed E-state index contributed by atoms with van der Waals surface area (Å²) in [5.41, 5.74) is 7.94. The summed E-state index contributed by atoms with van der Waals surface area (Å²) < 4.78 is 10.5. The monoisotopic (exact) mass is 654 g/mol. The summed E-state index contributed by atoms with van der Waals surface area (Å²) in [5.74, 6) is 1.61. The summed E-state index contributed by atoms with van der Waals surface area (Å²) >= 11 is 0. The zero-order valence-corrected chi connectivity index (χ0v) is 28.2. The van der Waals surface area contributed by atoms with Gasteiger partial charge in [0.25, 0.3) is 0 Å². The number of methoxy groups -OCH3 is 2. The van der Waals surface area contributed by atoms with Gasteiger partial charge in [0, 0.05) is 28.3 Å². The van der Waals surface area contributed by atoms with Gasteiger partial charge in [-0.05, 0) is 31.0 Å². The highest BCUT2D eigenvalue weighted by Gasteiger charge is 2.14. The molecular formula is C42H34N6O2. The number of hydrogen-bond acceptors (Lipinski definition) is 8. The Bertz CT molecular complexity index is 2120. The maximum absolute atomic E-state index is 9.52. The Balaban J connectivity index is 0.000000194. The van der Waals surface area contributed by atoms with Crippen molar-refractivity contribution in [3.63, 3.8) is 0 Å². The summed E-state index contributed by atoms with van der Waals surface area (Å²) in [4.78, 5) is 18.3. The van der Waals surface area contributed by atoms with E-state index in [0.29, 0.717) is 34.5 Å². The van der Waals surface area contributed by atoms with Crippen molar-refractivity contribution < 1.29 is 9.47 Å². The van der Waals surface area contributed by atoms with E-state index in [1.165, 1.54) is 7.11 Å². The van der Waals surface area contributed by atoms with Crippen LogP contribution in [0.4, 0.5) is 11.6 Å². The lowest BCUT2D eigenvalue weighted by Crippen LogP contribution is -2.04. The van der Waals surface area contributed by atoms with Crippen LogP contribution in [0.1, 0.15) is 44.5 Å². The number of nitrogens with zero attached hydrogens (tertiary/aromatic N) is 6. The van der Waals surface area contributed by atoms with Crippen molar-refractivity contribution in [2.45, 2.75) is 13.8 Å². The number of rotatable bonds is 8. The lowest BCUT2D eigenvalue weighted by Gasteiger charge is -2.10. The Labute approximate surface area is 292 Å². The summed E-state index contributed by atoms with van der Waals surface area (Å²) in [6.07, 6.45) is 0. The normalized spacial score (nSPS) is 9.96. The number of aryl methyl sites for hydroxylation is 2. The van der Waals surface area contributed by atoms with Crippen LogP contribution in [-0.2, 0) is 0 Å². The van der Waals surface area contributed by atoms with E-state index in [1.807, 2.05) is 135 Å². The van der Waals surface area contributed by atoms with Gasteiger partial charge < -0.3 is 9.47 Å². The van der Waals surface area contributed by atoms with Crippen LogP contribution in [0.5, 0.6) is 11.8 Å². The second kappa shape index (κ2) is 16.8. The molecule has 0 bridgehead atoms. The van der Waals surface area contributed by atoms with Gasteiger partial charge in [-0.15, -0.1) is 0 Å². The van der Waals surface area contributed by atoms with Crippen molar-refractivity contribution in [3.8, 4) is 23.9 Å². The SMILES string of the molecule is COc1cc(C)c(C#N)c(N=C(c2ccccc2)c2ccccc2)n1.COc1nc(N=C(c2ccccc2)c2ccccc2)cc(C)c1C#N. The van der Waals surface area contributed by atoms with Crippen LogP contribution in [0.2, 0.25) is 0 Å². The molecule has 0 spiro atoms. The number of pyridine rings is 2. The van der Waals surface area contributed by atoms with Crippen LogP contribution in [0.25, 0.3) is 0 Å². The average molecular weight is 655 g/mol. The molecule has 50 heavy (non-hydrogen) atoms. The largest absolute Gasteiger partial charge is 0.481 e. The molecule has 8 nitrogen and oxygen atoms in total. The third-order valence-electron chi connectivity index (χ3n) is 7.60. The summed E-state index contributed by atoms with van der Waals surface area (Å²) in [7, 11) is 3.06. The van der Waals surface area contributed by atoms with Crippen molar-refractivity contribution in [2.75, 3.05) is 14.2 Å². The standard InChI is InChI=1S/2C21H17N3O/c1-15-13-19(25-2)23-21(18(15)14-22)24-20(16-9-5-3-6-10-16)17-11-7-4-8-12-17;1-15-13-19(24-21(25-2)18(15)14-22)23-20(16-9-5-3-6-10-16)17-11-7-4-8-12-17/h2*3-13H,1-2H3. The lowest BCUT2D eigenvalue weighted by atomic mass is 10.0. The van der Waals surface area contributed by atoms with E-state index in [1.54, 1.807) is 19.2 Å². The molecule has 0 N–H and O–H groups in total. The number of hydrogen-bond donors (Lipinski definition) is 0. The second-order valence-corrected chi connectivity index (χ2v) is 11.0. The quantitative estimate of drug-likeness (QED) is 0.151. The molecule has 6 rings (SSSR count). The molecular weight excluding hydrogens is 621 g/mol. The minimum absolute atomic E-state index is 0.293. The fourth-order valence-electron chi connectivity index (χ4n) is 5.11. The topological polar surface area (TPSA) is 117 Å². The van der Waals surface area contributed by atoms with E-state index < -0.39 is 0 Å². The molecule has 0 unspecified atom stereocenters. The molecule has 0 saturated carbocycles. The highest BCUT2D eigenvalue weighted by atomic mass is 16.5. The van der Waals surface area contributed by atoms with Gasteiger partial charge in [0.15, 0.2) is 11.6 Å². The van der Waals surface area contributed by atoms with E-state index >= 15 is 0 Å². The Morgan fingerprint density at radius 2 is 0.960 bits per heavy atom. The van der Waals surface area contributed by atoms with Crippen molar-refractivity contribution in [1.29, 1.82) is 10.5 Å². The van der Waals surface area contributed by atoms with Gasteiger partial charge in [0.05, 0.1) is 31.2 Å². The molecule has 4 aromatic carbocycles. The van der Waals surface area contributed by atoms with Gasteiger partial charge in [-0.2, -0.15) is 20.5 Å². The first kappa shape index (κ1) is 34.4. The third kappa shape index (κ3) is 8.32. The van der Waals surface area contributed by atoms with Crippen LogP contribution in [0.15, 0.2) is 143 Å². The molecule has 2 heterocycles. The molecule has 0 amide bonds. The predicted octanol–water partition coefficient (Wildman–Crippen LogP) is 8.88. The van der Waals surface area contributed by atoms with Crippen molar-refractivity contribution >= 4 is 23.1 Å². The van der Waals surface area contributed by atoms with Crippen LogP contribution in [-0.4, -0.2) is 35.6 Å². The van der Waals surface area contributed by atoms with E-state index in [4.69, 9.17) is 19.5 Å². The Kier molecular flexibility index (Phi) is 11.6. The highest BCUT2D eigenvalue weighted by molar-refractivity contribution is 6.14. The fraction of sp³-hybridized carbons (Fsp3) is 0.0952. The Hall–Kier alpha value is -6.90. The van der Waals surface area contributed by atoms with Crippen molar-refractivity contribution in [2.24, 2.45) is 9.98 Å². The number of benzene rings is 4. The molecule has 244 valence electrons. The van der Waals surface area contributed by atoms with Crippen LogP contribution >= 0.6 is 0 Å². The molecule has 0 saturated heterocycles. The minimum Gasteiger partial charge on any atom is -0.481 e. The van der Waals surface area contributed by atoms with Crippen LogP contribution in [0, 0.1) is 36.5 Å². The van der Waals surface area contributed by atoms with E-state index in [9.17, 15) is 10.5 Å². The first-order chi connectivity index (χ1) is 24.4. The first-order valence-electron chi connectivity index (χ1n) is 15.8. The Morgan fingerprint density at radius 3 is 1.36 bits per heavy atom. The molecule has 2 aromatic heterocycles. The van der Waals surface area contributed by atoms with E-state index in [-0.39, 0.29) is 0 Å². The maximum Gasteiger partial charge on any atom is 0.233 e. The third-order valence-corrected chi connectivity index (χ3v) is 7.60. The smallest absolute Gasteiger partial charge is 0.233 e. The van der Waals surface area contributed by atoms with Gasteiger partial charge >= 0.3 is 0 Å². The number of aliphatic imine (C=N–C) groups is 2. The molecule has 8 heteroatoms. The predicted molar refractivity (Wildman–Crippen MR) is 197 cm³/mol. The zero-order valence-electron chi connectivity index (χ0n) is 28.2. The van der Waals surface area contributed by atoms with Crippen LogP contribution in [0.3, 0.4) is 0 Å². The molecule has 6 aromatic rings. The lowest BCUT2D eigenvalue weighted by molar-refractivity contribution is 0.396. The van der Waals surface area contributed by atoms with Crippen LogP contribution < -0.4 is 9.47 Å². The summed E-state index contributed by atoms with van der Waals surface area (Å²) in [5, 5.41) is 18.8. The Morgan fingerprint density at radius 1 is 0.540 bits per heavy atom. The van der Waals surface area contributed by atoms with Gasteiger partial charge in [0.2, 0.25) is 11.8 Å². The molecule has 0 aliphatic heterocycles. The minimum atomic E-state index is 0.293. The number of nitriles is 2. The molecule has 0 atom stereocenters. The summed E-state index contributed by atoms with van der Waals surface area (Å²) in [6, 6.07) is 47.5. The number of ether oxygens (including phenoxy) is 2. The van der Waals surface area contributed by atoms with Gasteiger partial charge in [-0.3, -0.25) is 0 Å². The molecule has 0 radical (unpaired) electrons. The van der Waals surface area contributed by atoms with Gasteiger partial charge in [0.1, 0.15) is 17.7 Å². The maximum atomic E-state index is 9.52. The van der Waals surface area contributed by atoms with Crippen molar-refractivity contribution in [3.05, 3.63) is 178 Å². The van der Waals surface area contributed by atoms with Gasteiger partial charge in [-0.1, -0.05) is 121 Å². The van der Waals surface area contributed by atoms with E-state index in [2.05, 4.69) is 22.1 Å². The second-order valence-electron chi connectivity index (χ2n) is 11.0. The first-order valence-corrected chi connectivity index (χ1v) is 15.8. The zero-order chi connectivity index (χ0) is 35.3.